The molecule has 0 aromatic heterocycles. The number of phenols is 1. The number of hydrogen-bond donors (Lipinski definition) is 3. The quantitative estimate of drug-likeness (QED) is 0.235. The Balaban J connectivity index is 1.47. The number of nitrogens with zero attached hydrogens (tertiary/aromatic N) is 2. The van der Waals surface area contributed by atoms with Crippen LogP contribution in [0.5, 0.6) is 5.75 Å². The highest BCUT2D eigenvalue weighted by Crippen LogP contribution is 2.27. The number of amides is 3. The van der Waals surface area contributed by atoms with Crippen molar-refractivity contribution in [3.8, 4) is 5.75 Å². The summed E-state index contributed by atoms with van der Waals surface area (Å²) in [6, 6.07) is 3.73. The number of rotatable bonds is 17. The first kappa shape index (κ1) is 33.1. The van der Waals surface area contributed by atoms with Gasteiger partial charge in [0.05, 0.1) is 6.04 Å². The summed E-state index contributed by atoms with van der Waals surface area (Å²) in [6.45, 7) is 3.20. The summed E-state index contributed by atoms with van der Waals surface area (Å²) < 4.78 is 0. The van der Waals surface area contributed by atoms with Crippen LogP contribution in [0, 0.1) is 0 Å². The zero-order chi connectivity index (χ0) is 30.5. The molecule has 2 fully saturated rings. The molecule has 0 saturated carbocycles. The number of nitrogens with one attached hydrogen (secondary N) is 1. The van der Waals surface area contributed by atoms with E-state index in [9.17, 15) is 34.2 Å². The van der Waals surface area contributed by atoms with Gasteiger partial charge in [0, 0.05) is 38.8 Å². The van der Waals surface area contributed by atoms with Crippen LogP contribution in [0.25, 0.3) is 0 Å². The largest absolute Gasteiger partial charge is 0.508 e. The van der Waals surface area contributed by atoms with E-state index >= 15 is 0 Å². The first-order valence-electron chi connectivity index (χ1n) is 15.6. The van der Waals surface area contributed by atoms with Crippen molar-refractivity contribution in [2.75, 3.05) is 13.1 Å². The minimum atomic E-state index is -1.20. The second-order valence-electron chi connectivity index (χ2n) is 11.6. The van der Waals surface area contributed by atoms with E-state index in [4.69, 9.17) is 0 Å². The molecule has 3 N–H and O–H groups in total. The lowest BCUT2D eigenvalue weighted by Crippen LogP contribution is -2.51. The number of carbonyl (C=O) groups is 5. The lowest BCUT2D eigenvalue weighted by atomic mass is 10.0. The Hall–Kier alpha value is -3.43. The number of carboxylic acids is 1. The third-order valence-electron chi connectivity index (χ3n) is 8.37. The third-order valence-corrected chi connectivity index (χ3v) is 8.37. The number of aliphatic carboxylic acids is 1. The van der Waals surface area contributed by atoms with E-state index in [0.717, 1.165) is 25.7 Å². The number of benzene rings is 1. The maximum Gasteiger partial charge on any atom is 0.326 e. The van der Waals surface area contributed by atoms with Gasteiger partial charge < -0.3 is 25.3 Å². The Labute approximate surface area is 248 Å². The summed E-state index contributed by atoms with van der Waals surface area (Å²) in [5, 5.41) is 21.4. The van der Waals surface area contributed by atoms with Gasteiger partial charge >= 0.3 is 5.97 Å². The molecular formula is C32H47N3O7. The molecule has 1 aromatic rings. The number of aromatic hydroxyl groups is 1. The van der Waals surface area contributed by atoms with E-state index in [1.54, 1.807) is 21.9 Å². The van der Waals surface area contributed by atoms with Gasteiger partial charge in [0.2, 0.25) is 17.7 Å². The van der Waals surface area contributed by atoms with E-state index in [-0.39, 0.29) is 42.6 Å². The van der Waals surface area contributed by atoms with Crippen molar-refractivity contribution >= 4 is 29.5 Å². The standard InChI is InChI=1S/C32H47N3O7/c1-2-3-4-5-6-7-8-13-30(39)34-20-10-12-27(34)31(40)35-21-9-11-26(35)28(37)18-19-29(38)33-25(32(41)42)22-23-14-16-24(36)17-15-23/h14-17,25-27,36H,2-13,18-22H2,1H3,(H,33,38)(H,41,42)/t25-,26-,27-/m0/s1. The molecule has 2 heterocycles. The number of likely N-dealkylation sites (tertiary alicyclic amines) is 2. The van der Waals surface area contributed by atoms with E-state index in [0.29, 0.717) is 44.3 Å². The van der Waals surface area contributed by atoms with Gasteiger partial charge in [0.25, 0.3) is 0 Å². The Morgan fingerprint density at radius 2 is 1.45 bits per heavy atom. The van der Waals surface area contributed by atoms with E-state index in [1.807, 2.05) is 0 Å². The molecule has 10 nitrogen and oxygen atoms in total. The Morgan fingerprint density at radius 3 is 2.12 bits per heavy atom. The topological polar surface area (TPSA) is 144 Å². The number of hydrogen-bond acceptors (Lipinski definition) is 6. The number of unbranched alkanes of at least 4 members (excludes halogenated alkanes) is 6. The predicted octanol–water partition coefficient (Wildman–Crippen LogP) is 3.98. The van der Waals surface area contributed by atoms with Gasteiger partial charge in [-0.3, -0.25) is 19.2 Å². The monoisotopic (exact) mass is 585 g/mol. The smallest absolute Gasteiger partial charge is 0.326 e. The number of phenolic OH excluding ortho intramolecular Hbond substituents is 1. The van der Waals surface area contributed by atoms with Crippen LogP contribution in [0.4, 0.5) is 0 Å². The van der Waals surface area contributed by atoms with Crippen LogP contribution in [0.3, 0.4) is 0 Å². The molecule has 3 amide bonds. The highest BCUT2D eigenvalue weighted by molar-refractivity contribution is 5.95. The van der Waals surface area contributed by atoms with Gasteiger partial charge in [-0.2, -0.15) is 0 Å². The van der Waals surface area contributed by atoms with Gasteiger partial charge in [0.1, 0.15) is 17.8 Å². The molecule has 42 heavy (non-hydrogen) atoms. The highest BCUT2D eigenvalue weighted by atomic mass is 16.4. The highest BCUT2D eigenvalue weighted by Gasteiger charge is 2.41. The summed E-state index contributed by atoms with van der Waals surface area (Å²) in [6.07, 6.45) is 10.6. The summed E-state index contributed by atoms with van der Waals surface area (Å²) in [5.74, 6) is -2.08. The minimum Gasteiger partial charge on any atom is -0.508 e. The second-order valence-corrected chi connectivity index (χ2v) is 11.6. The summed E-state index contributed by atoms with van der Waals surface area (Å²) in [5.41, 5.74) is 0.638. The molecule has 0 bridgehead atoms. The summed E-state index contributed by atoms with van der Waals surface area (Å²) in [4.78, 5) is 67.1. The molecule has 3 rings (SSSR count). The van der Waals surface area contributed by atoms with Crippen molar-refractivity contribution in [2.24, 2.45) is 0 Å². The number of carboxylic acid groups (broad SMARTS) is 1. The molecule has 0 unspecified atom stereocenters. The number of carbonyl (C=O) groups excluding carboxylic acids is 4. The van der Waals surface area contributed by atoms with Crippen LogP contribution < -0.4 is 5.32 Å². The molecule has 0 spiro atoms. The van der Waals surface area contributed by atoms with Crippen LogP contribution in [0.1, 0.15) is 102 Å². The second kappa shape index (κ2) is 16.9. The molecule has 0 aliphatic carbocycles. The van der Waals surface area contributed by atoms with Gasteiger partial charge in [-0.25, -0.2) is 4.79 Å². The van der Waals surface area contributed by atoms with E-state index < -0.39 is 30.0 Å². The van der Waals surface area contributed by atoms with Crippen LogP contribution in [0.15, 0.2) is 24.3 Å². The Kier molecular flexibility index (Phi) is 13.3. The van der Waals surface area contributed by atoms with Crippen molar-refractivity contribution in [3.63, 3.8) is 0 Å². The zero-order valence-electron chi connectivity index (χ0n) is 24.9. The normalized spacial score (nSPS) is 19.1. The molecule has 2 aliphatic heterocycles. The Bertz CT molecular complexity index is 1070. The van der Waals surface area contributed by atoms with Crippen LogP contribution in [0.2, 0.25) is 0 Å². The number of Topliss-reactive ketones (excluding diaryl/α,β-unsaturated/α-hetero) is 1. The fourth-order valence-electron chi connectivity index (χ4n) is 5.99. The number of ketones is 1. The molecule has 2 saturated heterocycles. The molecule has 2 aliphatic rings. The van der Waals surface area contributed by atoms with Crippen molar-refractivity contribution in [3.05, 3.63) is 29.8 Å². The average molecular weight is 586 g/mol. The molecular weight excluding hydrogens is 538 g/mol. The van der Waals surface area contributed by atoms with Gasteiger partial charge in [-0.1, -0.05) is 57.6 Å². The fourth-order valence-corrected chi connectivity index (χ4v) is 5.99. The van der Waals surface area contributed by atoms with Gasteiger partial charge in [-0.05, 0) is 49.8 Å². The van der Waals surface area contributed by atoms with Crippen LogP contribution in [-0.4, -0.2) is 80.7 Å². The van der Waals surface area contributed by atoms with Gasteiger partial charge in [0.15, 0.2) is 5.78 Å². The predicted molar refractivity (Wildman–Crippen MR) is 158 cm³/mol. The van der Waals surface area contributed by atoms with E-state index in [1.165, 1.54) is 37.8 Å². The lowest BCUT2D eigenvalue weighted by molar-refractivity contribution is -0.146. The van der Waals surface area contributed by atoms with E-state index in [2.05, 4.69) is 12.2 Å². The molecule has 232 valence electrons. The summed E-state index contributed by atoms with van der Waals surface area (Å²) in [7, 11) is 0. The fraction of sp³-hybridized carbons (Fsp3) is 0.656. The van der Waals surface area contributed by atoms with Gasteiger partial charge in [-0.15, -0.1) is 0 Å². The SMILES string of the molecule is CCCCCCCCCC(=O)N1CCC[C@H]1C(=O)N1CCC[C@H]1C(=O)CCC(=O)N[C@@H](Cc1ccc(O)cc1)C(=O)O. The first-order valence-corrected chi connectivity index (χ1v) is 15.6. The zero-order valence-corrected chi connectivity index (χ0v) is 24.9. The van der Waals surface area contributed by atoms with Crippen LogP contribution in [-0.2, 0) is 30.4 Å². The maximum atomic E-state index is 13.5. The third kappa shape index (κ3) is 9.84. The molecule has 0 radical (unpaired) electrons. The van der Waals surface area contributed by atoms with Crippen molar-refractivity contribution in [1.82, 2.24) is 15.1 Å². The molecule has 3 atom stereocenters. The average Bonchev–Trinajstić information content (AvgIpc) is 3.66. The lowest BCUT2D eigenvalue weighted by Gasteiger charge is -2.31. The van der Waals surface area contributed by atoms with Crippen molar-refractivity contribution in [2.45, 2.75) is 121 Å². The maximum absolute atomic E-state index is 13.5. The van der Waals surface area contributed by atoms with Crippen LogP contribution >= 0.6 is 0 Å². The first-order chi connectivity index (χ1) is 20.2. The van der Waals surface area contributed by atoms with Crippen molar-refractivity contribution in [1.29, 1.82) is 0 Å². The molecule has 10 heteroatoms. The molecule has 1 aromatic carbocycles. The Morgan fingerprint density at radius 1 is 0.833 bits per heavy atom. The van der Waals surface area contributed by atoms with Crippen molar-refractivity contribution < 1.29 is 34.2 Å². The minimum absolute atomic E-state index is 0.0124. The summed E-state index contributed by atoms with van der Waals surface area (Å²) >= 11 is 0.